The quantitative estimate of drug-likeness (QED) is 0.405. The van der Waals surface area contributed by atoms with E-state index >= 15 is 0 Å². The van der Waals surface area contributed by atoms with Crippen molar-refractivity contribution < 1.29 is 29.6 Å². The van der Waals surface area contributed by atoms with Gasteiger partial charge in [-0.05, 0) is 6.92 Å². The Hall–Kier alpha value is -2.01. The molecule has 0 radical (unpaired) electrons. The number of aromatic amines is 1. The van der Waals surface area contributed by atoms with Crippen molar-refractivity contribution in [2.45, 2.75) is 25.4 Å². The van der Waals surface area contributed by atoms with Gasteiger partial charge in [-0.1, -0.05) is 0 Å². The van der Waals surface area contributed by atoms with Crippen LogP contribution in [0.1, 0.15) is 23.6 Å². The number of aliphatic hydroxyl groups excluding tert-OH is 3. The van der Waals surface area contributed by atoms with Gasteiger partial charge in [0.15, 0.2) is 0 Å². The Bertz CT molecular complexity index is 622. The first-order valence-corrected chi connectivity index (χ1v) is 6.35. The summed E-state index contributed by atoms with van der Waals surface area (Å²) < 4.78 is 10.6. The van der Waals surface area contributed by atoms with Gasteiger partial charge < -0.3 is 24.8 Å². The van der Waals surface area contributed by atoms with Gasteiger partial charge in [-0.2, -0.15) is 0 Å². The fourth-order valence-electron chi connectivity index (χ4n) is 1.81. The van der Waals surface area contributed by atoms with Crippen molar-refractivity contribution in [3.05, 3.63) is 32.6 Å². The van der Waals surface area contributed by atoms with Crippen LogP contribution in [0.4, 0.5) is 0 Å². The third-order valence-electron chi connectivity index (χ3n) is 2.90. The third kappa shape index (κ3) is 4.01. The Balaban J connectivity index is 3.22. The molecule has 1 heterocycles. The van der Waals surface area contributed by atoms with Gasteiger partial charge in [0.25, 0.3) is 5.56 Å². The lowest BCUT2D eigenvalue weighted by atomic mass is 10.2. The lowest BCUT2D eigenvalue weighted by molar-refractivity contribution is -0.128. The van der Waals surface area contributed by atoms with Crippen molar-refractivity contribution >= 4 is 5.97 Å². The summed E-state index contributed by atoms with van der Waals surface area (Å²) in [6.07, 6.45) is -3.70. The fraction of sp³-hybridized carbons (Fsp3) is 0.583. The molecule has 0 aromatic carbocycles. The van der Waals surface area contributed by atoms with E-state index < -0.39 is 48.9 Å². The molecule has 0 aliphatic rings. The number of nitrogens with one attached hydrogen (secondary N) is 1. The second kappa shape index (κ2) is 7.84. The van der Waals surface area contributed by atoms with Crippen LogP contribution in [-0.4, -0.2) is 63.4 Å². The minimum Gasteiger partial charge on any atom is -0.464 e. The maximum absolute atomic E-state index is 11.9. The summed E-state index contributed by atoms with van der Waals surface area (Å²) in [5, 5.41) is 27.5. The number of hydrogen-bond acceptors (Lipinski definition) is 8. The average molecular weight is 318 g/mol. The summed E-state index contributed by atoms with van der Waals surface area (Å²) in [7, 11) is 1.08. The zero-order chi connectivity index (χ0) is 16.9. The number of esters is 1. The largest absolute Gasteiger partial charge is 0.464 e. The fourth-order valence-corrected chi connectivity index (χ4v) is 1.81. The summed E-state index contributed by atoms with van der Waals surface area (Å²) >= 11 is 0. The van der Waals surface area contributed by atoms with Gasteiger partial charge in [0.1, 0.15) is 24.1 Å². The molecule has 0 saturated heterocycles. The molecule has 1 unspecified atom stereocenters. The molecule has 4 N–H and O–H groups in total. The number of aliphatic hydroxyl groups is 3. The van der Waals surface area contributed by atoms with Crippen molar-refractivity contribution in [3.8, 4) is 0 Å². The number of ether oxygens (including phenoxy) is 2. The predicted octanol–water partition coefficient (Wildman–Crippen LogP) is -2.43. The van der Waals surface area contributed by atoms with Crippen molar-refractivity contribution in [3.63, 3.8) is 0 Å². The number of rotatable bonds is 7. The smallest absolute Gasteiger partial charge is 0.355 e. The van der Waals surface area contributed by atoms with Crippen molar-refractivity contribution in [2.75, 3.05) is 20.3 Å². The highest BCUT2D eigenvalue weighted by molar-refractivity contribution is 5.87. The average Bonchev–Trinajstić information content (AvgIpc) is 2.49. The molecule has 0 saturated carbocycles. The van der Waals surface area contributed by atoms with Crippen LogP contribution in [0.5, 0.6) is 0 Å². The van der Waals surface area contributed by atoms with E-state index in [0.29, 0.717) is 0 Å². The lowest BCUT2D eigenvalue weighted by Gasteiger charge is -2.25. The standard InChI is InChI=1S/C12H18N2O8/c1-6(22-9(5-16)8(17)4-15)14-7(11(19)21-2)3-10(18)13-12(14)20/h3,6,8-9,15-17H,4-5H2,1-2H3,(H,13,18,20)/t6?,8-,9-/m1/s1. The van der Waals surface area contributed by atoms with Gasteiger partial charge in [-0.25, -0.2) is 9.59 Å². The highest BCUT2D eigenvalue weighted by Gasteiger charge is 2.25. The van der Waals surface area contributed by atoms with Crippen LogP contribution in [-0.2, 0) is 9.47 Å². The maximum atomic E-state index is 11.9. The van der Waals surface area contributed by atoms with E-state index in [9.17, 15) is 19.5 Å². The number of aromatic nitrogens is 2. The summed E-state index contributed by atoms with van der Waals surface area (Å²) in [6, 6.07) is 0.865. The predicted molar refractivity (Wildman–Crippen MR) is 72.4 cm³/mol. The molecule has 10 heteroatoms. The first kappa shape index (κ1) is 18.0. The second-order valence-corrected chi connectivity index (χ2v) is 4.39. The molecule has 1 rings (SSSR count). The zero-order valence-corrected chi connectivity index (χ0v) is 12.1. The summed E-state index contributed by atoms with van der Waals surface area (Å²) in [6.45, 7) is 0.0684. The maximum Gasteiger partial charge on any atom is 0.355 e. The van der Waals surface area contributed by atoms with Crippen molar-refractivity contribution in [1.29, 1.82) is 0 Å². The molecule has 3 atom stereocenters. The van der Waals surface area contributed by atoms with Gasteiger partial charge in [0.05, 0.1) is 20.3 Å². The van der Waals surface area contributed by atoms with Crippen LogP contribution in [0, 0.1) is 0 Å². The Morgan fingerprint density at radius 1 is 1.36 bits per heavy atom. The van der Waals surface area contributed by atoms with Gasteiger partial charge in [0.2, 0.25) is 0 Å². The third-order valence-corrected chi connectivity index (χ3v) is 2.90. The topological polar surface area (TPSA) is 151 Å². The van der Waals surface area contributed by atoms with E-state index in [4.69, 9.17) is 14.9 Å². The highest BCUT2D eigenvalue weighted by atomic mass is 16.5. The van der Waals surface area contributed by atoms with E-state index in [1.54, 1.807) is 0 Å². The van der Waals surface area contributed by atoms with Crippen molar-refractivity contribution in [1.82, 2.24) is 9.55 Å². The SMILES string of the molecule is COC(=O)c1cc(=O)[nH]c(=O)n1C(C)O[C@H](CO)[C@H](O)CO. The zero-order valence-electron chi connectivity index (χ0n) is 12.1. The van der Waals surface area contributed by atoms with E-state index in [1.165, 1.54) is 6.92 Å². The van der Waals surface area contributed by atoms with Crippen LogP contribution < -0.4 is 11.2 Å². The Labute approximate surface area is 124 Å². The van der Waals surface area contributed by atoms with E-state index in [0.717, 1.165) is 17.7 Å². The first-order chi connectivity index (χ1) is 10.3. The monoisotopic (exact) mass is 318 g/mol. The van der Waals surface area contributed by atoms with Gasteiger partial charge in [0, 0.05) is 6.07 Å². The molecule has 1 aromatic heterocycles. The minimum atomic E-state index is -1.38. The molecule has 0 spiro atoms. The van der Waals surface area contributed by atoms with Gasteiger partial charge >= 0.3 is 11.7 Å². The molecule has 22 heavy (non-hydrogen) atoms. The van der Waals surface area contributed by atoms with Gasteiger partial charge in [-0.15, -0.1) is 0 Å². The highest BCUT2D eigenvalue weighted by Crippen LogP contribution is 2.13. The molecular weight excluding hydrogens is 300 g/mol. The summed E-state index contributed by atoms with van der Waals surface area (Å²) in [4.78, 5) is 36.8. The number of carbonyl (C=O) groups excluding carboxylic acids is 1. The number of hydrogen-bond donors (Lipinski definition) is 4. The van der Waals surface area contributed by atoms with E-state index in [-0.39, 0.29) is 5.69 Å². The molecule has 0 bridgehead atoms. The molecule has 1 aromatic rings. The van der Waals surface area contributed by atoms with Crippen LogP contribution in [0.2, 0.25) is 0 Å². The van der Waals surface area contributed by atoms with Crippen LogP contribution in [0.15, 0.2) is 15.7 Å². The van der Waals surface area contributed by atoms with E-state index in [2.05, 4.69) is 4.74 Å². The normalized spacial score (nSPS) is 15.1. The van der Waals surface area contributed by atoms with Crippen LogP contribution in [0.3, 0.4) is 0 Å². The van der Waals surface area contributed by atoms with Crippen molar-refractivity contribution in [2.24, 2.45) is 0 Å². The lowest BCUT2D eigenvalue weighted by Crippen LogP contribution is -2.41. The Kier molecular flexibility index (Phi) is 6.43. The summed E-state index contributed by atoms with van der Waals surface area (Å²) in [5.41, 5.74) is -2.06. The Morgan fingerprint density at radius 2 is 2.00 bits per heavy atom. The Morgan fingerprint density at radius 3 is 2.50 bits per heavy atom. The number of carbonyl (C=O) groups is 1. The van der Waals surface area contributed by atoms with E-state index in [1.807, 2.05) is 4.98 Å². The molecule has 10 nitrogen and oxygen atoms in total. The molecular formula is C12H18N2O8. The number of H-pyrrole nitrogens is 1. The van der Waals surface area contributed by atoms with Crippen LogP contribution in [0.25, 0.3) is 0 Å². The number of nitrogens with zero attached hydrogens (tertiary/aromatic N) is 1. The first-order valence-electron chi connectivity index (χ1n) is 6.35. The second-order valence-electron chi connectivity index (χ2n) is 4.39. The number of methoxy groups -OCH3 is 1. The molecule has 0 fully saturated rings. The summed E-state index contributed by atoms with van der Waals surface area (Å²) in [5.74, 6) is -0.929. The van der Waals surface area contributed by atoms with Crippen LogP contribution >= 0.6 is 0 Å². The molecule has 0 amide bonds. The minimum absolute atomic E-state index is 0.348. The molecule has 0 aliphatic heterocycles. The van der Waals surface area contributed by atoms with Gasteiger partial charge in [-0.3, -0.25) is 14.3 Å². The molecule has 0 aliphatic carbocycles. The molecule has 124 valence electrons.